The molecule has 0 amide bonds. The van der Waals surface area contributed by atoms with Crippen LogP contribution < -0.4 is 10.5 Å². The zero-order valence-corrected chi connectivity index (χ0v) is 12.5. The predicted molar refractivity (Wildman–Crippen MR) is 80.9 cm³/mol. The van der Waals surface area contributed by atoms with Gasteiger partial charge in [-0.25, -0.2) is 0 Å². The van der Waals surface area contributed by atoms with Crippen LogP contribution >= 0.6 is 0 Å². The topological polar surface area (TPSA) is 53.1 Å². The molecule has 1 aromatic heterocycles. The van der Waals surface area contributed by atoms with Crippen LogP contribution in [0.4, 0.5) is 0 Å². The van der Waals surface area contributed by atoms with E-state index in [-0.39, 0.29) is 0 Å². The maximum absolute atomic E-state index is 5.97. The number of nitrogens with two attached hydrogens (primary N) is 1. The first kappa shape index (κ1) is 14.6. The summed E-state index contributed by atoms with van der Waals surface area (Å²) in [6.45, 7) is 7.39. The molecule has 0 bridgehead atoms. The van der Waals surface area contributed by atoms with Crippen molar-refractivity contribution in [1.29, 1.82) is 0 Å². The average molecular weight is 273 g/mol. The molecule has 1 heterocycles. The van der Waals surface area contributed by atoms with E-state index in [9.17, 15) is 0 Å². The van der Waals surface area contributed by atoms with Gasteiger partial charge >= 0.3 is 0 Å². The molecule has 0 fully saturated rings. The molecule has 0 aliphatic carbocycles. The van der Waals surface area contributed by atoms with Crippen LogP contribution in [0.25, 0.3) is 0 Å². The fourth-order valence-electron chi connectivity index (χ4n) is 2.16. The number of para-hydroxylation sites is 1. The van der Waals surface area contributed by atoms with Crippen molar-refractivity contribution < 1.29 is 4.74 Å². The van der Waals surface area contributed by atoms with E-state index in [4.69, 9.17) is 10.5 Å². The maximum atomic E-state index is 5.97. The molecular weight excluding hydrogens is 250 g/mol. The summed E-state index contributed by atoms with van der Waals surface area (Å²) in [5.41, 5.74) is 8.90. The van der Waals surface area contributed by atoms with Gasteiger partial charge in [-0.15, -0.1) is 0 Å². The molecule has 2 rings (SSSR count). The summed E-state index contributed by atoms with van der Waals surface area (Å²) in [5.74, 6) is 0.942. The Kier molecular flexibility index (Phi) is 4.79. The Morgan fingerprint density at radius 1 is 1.30 bits per heavy atom. The quantitative estimate of drug-likeness (QED) is 0.880. The molecule has 0 spiro atoms. The second-order valence-corrected chi connectivity index (χ2v) is 5.27. The van der Waals surface area contributed by atoms with Crippen LogP contribution in [-0.2, 0) is 13.0 Å². The number of aromatic nitrogens is 2. The lowest BCUT2D eigenvalue weighted by atomic mass is 10.1. The zero-order valence-electron chi connectivity index (χ0n) is 12.5. The van der Waals surface area contributed by atoms with E-state index < -0.39 is 0 Å². The number of ether oxygens (including phenoxy) is 1. The van der Waals surface area contributed by atoms with E-state index in [0.717, 1.165) is 29.0 Å². The molecule has 0 saturated heterocycles. The highest BCUT2D eigenvalue weighted by molar-refractivity contribution is 5.41. The van der Waals surface area contributed by atoms with Crippen LogP contribution in [0.2, 0.25) is 0 Å². The molecule has 0 radical (unpaired) electrons. The van der Waals surface area contributed by atoms with Gasteiger partial charge in [0.1, 0.15) is 12.4 Å². The van der Waals surface area contributed by atoms with Gasteiger partial charge in [-0.1, -0.05) is 18.2 Å². The second kappa shape index (κ2) is 6.57. The van der Waals surface area contributed by atoms with Gasteiger partial charge in [-0.2, -0.15) is 5.10 Å². The molecule has 20 heavy (non-hydrogen) atoms. The molecule has 108 valence electrons. The van der Waals surface area contributed by atoms with Gasteiger partial charge in [0.2, 0.25) is 0 Å². The Hall–Kier alpha value is -1.81. The number of rotatable bonds is 6. The first-order chi connectivity index (χ1) is 9.61. The van der Waals surface area contributed by atoms with Crippen LogP contribution in [0, 0.1) is 6.92 Å². The lowest BCUT2D eigenvalue weighted by Crippen LogP contribution is -2.07. The molecule has 0 aliphatic rings. The summed E-state index contributed by atoms with van der Waals surface area (Å²) in [4.78, 5) is 0. The normalized spacial score (nSPS) is 11.1. The first-order valence-electron chi connectivity index (χ1n) is 7.07. The highest BCUT2D eigenvalue weighted by atomic mass is 16.5. The molecule has 4 nitrogen and oxygen atoms in total. The first-order valence-corrected chi connectivity index (χ1v) is 7.07. The predicted octanol–water partition coefficient (Wildman–Crippen LogP) is 2.85. The fourth-order valence-corrected chi connectivity index (χ4v) is 2.16. The van der Waals surface area contributed by atoms with Gasteiger partial charge in [0.05, 0.1) is 5.69 Å². The van der Waals surface area contributed by atoms with E-state index in [1.165, 1.54) is 0 Å². The number of hydrogen-bond acceptors (Lipinski definition) is 3. The third kappa shape index (κ3) is 3.39. The fraction of sp³-hybridized carbons (Fsp3) is 0.438. The monoisotopic (exact) mass is 273 g/mol. The minimum Gasteiger partial charge on any atom is -0.487 e. The highest BCUT2D eigenvalue weighted by Gasteiger charge is 2.08. The summed E-state index contributed by atoms with van der Waals surface area (Å²) in [6.07, 6.45) is 2.82. The van der Waals surface area contributed by atoms with Crippen molar-refractivity contribution >= 4 is 0 Å². The molecule has 0 saturated carbocycles. The molecule has 4 heteroatoms. The van der Waals surface area contributed by atoms with Crippen LogP contribution in [0.5, 0.6) is 5.75 Å². The third-order valence-electron chi connectivity index (χ3n) is 3.26. The zero-order chi connectivity index (χ0) is 14.5. The number of benzene rings is 1. The number of hydrogen-bond donors (Lipinski definition) is 1. The van der Waals surface area contributed by atoms with E-state index in [2.05, 4.69) is 38.0 Å². The largest absolute Gasteiger partial charge is 0.487 e. The molecule has 0 aliphatic heterocycles. The Balaban J connectivity index is 2.09. The molecule has 2 N–H and O–H groups in total. The van der Waals surface area contributed by atoms with Crippen molar-refractivity contribution in [2.24, 2.45) is 5.73 Å². The lowest BCUT2D eigenvalue weighted by molar-refractivity contribution is 0.293. The standard InChI is InChI=1S/C16H23N3O/c1-12(2)19-10-8-15(18-19)11-20-16-13(3)5-4-6-14(16)7-9-17/h4-6,8,10,12H,7,9,11,17H2,1-3H3. The van der Waals surface area contributed by atoms with Crippen LogP contribution in [0.3, 0.4) is 0 Å². The molecule has 0 atom stereocenters. The van der Waals surface area contributed by atoms with Crippen molar-refractivity contribution in [2.75, 3.05) is 6.54 Å². The lowest BCUT2D eigenvalue weighted by Gasteiger charge is -2.13. The van der Waals surface area contributed by atoms with Crippen LogP contribution in [-0.4, -0.2) is 16.3 Å². The van der Waals surface area contributed by atoms with Crippen molar-refractivity contribution in [3.8, 4) is 5.75 Å². The van der Waals surface area contributed by atoms with Gasteiger partial charge in [-0.05, 0) is 50.9 Å². The van der Waals surface area contributed by atoms with E-state index in [0.29, 0.717) is 19.2 Å². The molecule has 2 aromatic rings. The SMILES string of the molecule is Cc1cccc(CCN)c1OCc1ccn(C(C)C)n1. The van der Waals surface area contributed by atoms with E-state index in [1.54, 1.807) is 0 Å². The maximum Gasteiger partial charge on any atom is 0.132 e. The number of nitrogens with zero attached hydrogens (tertiary/aromatic N) is 2. The summed E-state index contributed by atoms with van der Waals surface area (Å²) >= 11 is 0. The Bertz CT molecular complexity index is 561. The summed E-state index contributed by atoms with van der Waals surface area (Å²) in [7, 11) is 0. The average Bonchev–Trinajstić information content (AvgIpc) is 2.87. The smallest absolute Gasteiger partial charge is 0.132 e. The summed E-state index contributed by atoms with van der Waals surface area (Å²) in [5, 5.41) is 4.50. The van der Waals surface area contributed by atoms with E-state index in [1.807, 2.05) is 23.0 Å². The van der Waals surface area contributed by atoms with Crippen molar-refractivity contribution in [3.63, 3.8) is 0 Å². The summed E-state index contributed by atoms with van der Waals surface area (Å²) < 4.78 is 7.91. The number of aryl methyl sites for hydroxylation is 1. The minimum absolute atomic E-state index is 0.370. The Morgan fingerprint density at radius 2 is 2.10 bits per heavy atom. The molecule has 0 unspecified atom stereocenters. The molecular formula is C16H23N3O. The molecule has 1 aromatic carbocycles. The Labute approximate surface area is 120 Å². The van der Waals surface area contributed by atoms with E-state index >= 15 is 0 Å². The van der Waals surface area contributed by atoms with Gasteiger partial charge in [-0.3, -0.25) is 4.68 Å². The van der Waals surface area contributed by atoms with Gasteiger partial charge < -0.3 is 10.5 Å². The summed E-state index contributed by atoms with van der Waals surface area (Å²) in [6, 6.07) is 8.54. The van der Waals surface area contributed by atoms with Crippen LogP contribution in [0.15, 0.2) is 30.5 Å². The van der Waals surface area contributed by atoms with Crippen LogP contribution in [0.1, 0.15) is 36.7 Å². The van der Waals surface area contributed by atoms with Gasteiger partial charge in [0, 0.05) is 12.2 Å². The van der Waals surface area contributed by atoms with Gasteiger partial charge in [0.15, 0.2) is 0 Å². The minimum atomic E-state index is 0.370. The highest BCUT2D eigenvalue weighted by Crippen LogP contribution is 2.24. The second-order valence-electron chi connectivity index (χ2n) is 5.27. The van der Waals surface area contributed by atoms with Gasteiger partial charge in [0.25, 0.3) is 0 Å². The third-order valence-corrected chi connectivity index (χ3v) is 3.26. The Morgan fingerprint density at radius 3 is 2.75 bits per heavy atom. The van der Waals surface area contributed by atoms with Crippen molar-refractivity contribution in [3.05, 3.63) is 47.3 Å². The van der Waals surface area contributed by atoms with Crippen molar-refractivity contribution in [1.82, 2.24) is 9.78 Å². The van der Waals surface area contributed by atoms with Crippen molar-refractivity contribution in [2.45, 2.75) is 39.8 Å².